The van der Waals surface area contributed by atoms with Crippen LogP contribution in [0.1, 0.15) is 28.9 Å². The molecule has 2 atom stereocenters. The van der Waals surface area contributed by atoms with E-state index < -0.39 is 0 Å². The highest BCUT2D eigenvalue weighted by molar-refractivity contribution is 7.80. The van der Waals surface area contributed by atoms with Crippen LogP contribution in [0, 0.1) is 6.92 Å². The molecule has 1 N–H and O–H groups in total. The number of anilines is 1. The maximum absolute atomic E-state index is 5.70. The van der Waals surface area contributed by atoms with Crippen molar-refractivity contribution in [3.05, 3.63) is 83.9 Å². The summed E-state index contributed by atoms with van der Waals surface area (Å²) in [6, 6.07) is 16.7. The number of thiocarbonyl (C=S) groups is 1. The Morgan fingerprint density at radius 1 is 1.08 bits per heavy atom. The second-order valence-corrected chi connectivity index (χ2v) is 6.83. The van der Waals surface area contributed by atoms with Gasteiger partial charge in [0.25, 0.3) is 0 Å². The molecule has 1 saturated heterocycles. The van der Waals surface area contributed by atoms with Crippen LogP contribution in [0.2, 0.25) is 0 Å². The Morgan fingerprint density at radius 3 is 2.52 bits per heavy atom. The van der Waals surface area contributed by atoms with E-state index in [1.165, 1.54) is 11.1 Å². The van der Waals surface area contributed by atoms with E-state index in [1.807, 2.05) is 25.4 Å². The van der Waals surface area contributed by atoms with E-state index in [2.05, 4.69) is 75.5 Å². The number of hydrogen-bond donors (Lipinski definition) is 1. The molecule has 5 heteroatoms. The monoisotopic (exact) mass is 348 g/mol. The van der Waals surface area contributed by atoms with E-state index in [4.69, 9.17) is 12.2 Å². The van der Waals surface area contributed by atoms with Gasteiger partial charge in [0.15, 0.2) is 5.11 Å². The van der Waals surface area contributed by atoms with Crippen LogP contribution in [-0.4, -0.2) is 14.7 Å². The first kappa shape index (κ1) is 15.8. The molecular weight excluding hydrogens is 328 g/mol. The fraction of sp³-hybridized carbons (Fsp3) is 0.200. The van der Waals surface area contributed by atoms with Crippen molar-refractivity contribution in [3.8, 4) is 0 Å². The van der Waals surface area contributed by atoms with Gasteiger partial charge in [-0.2, -0.15) is 0 Å². The Labute approximate surface area is 153 Å². The molecule has 2 aromatic heterocycles. The van der Waals surface area contributed by atoms with Crippen LogP contribution in [0.3, 0.4) is 0 Å². The lowest BCUT2D eigenvalue weighted by Gasteiger charge is -2.27. The molecule has 25 heavy (non-hydrogen) atoms. The van der Waals surface area contributed by atoms with Gasteiger partial charge in [-0.05, 0) is 55.0 Å². The average molecular weight is 348 g/mol. The predicted molar refractivity (Wildman–Crippen MR) is 105 cm³/mol. The second-order valence-electron chi connectivity index (χ2n) is 6.44. The zero-order chi connectivity index (χ0) is 17.4. The highest BCUT2D eigenvalue weighted by atomic mass is 32.1. The maximum Gasteiger partial charge on any atom is 0.174 e. The van der Waals surface area contributed by atoms with Gasteiger partial charge in [0.2, 0.25) is 0 Å². The number of aromatic nitrogens is 2. The molecule has 1 aliphatic rings. The van der Waals surface area contributed by atoms with Gasteiger partial charge in [-0.15, -0.1) is 0 Å². The minimum Gasteiger partial charge on any atom is -0.357 e. The minimum atomic E-state index is 0.0115. The highest BCUT2D eigenvalue weighted by Crippen LogP contribution is 2.41. The number of nitrogens with one attached hydrogen (secondary N) is 1. The molecule has 0 amide bonds. The van der Waals surface area contributed by atoms with Gasteiger partial charge in [0.05, 0.1) is 17.8 Å². The molecule has 0 aliphatic carbocycles. The molecule has 0 saturated carbocycles. The van der Waals surface area contributed by atoms with Gasteiger partial charge in [0, 0.05) is 31.3 Å². The van der Waals surface area contributed by atoms with Crippen molar-refractivity contribution in [3.63, 3.8) is 0 Å². The van der Waals surface area contributed by atoms with Crippen LogP contribution in [0.15, 0.2) is 67.1 Å². The summed E-state index contributed by atoms with van der Waals surface area (Å²) in [6.07, 6.45) is 6.05. The molecule has 4 rings (SSSR count). The number of aryl methyl sites for hydroxylation is 2. The Balaban J connectivity index is 1.81. The van der Waals surface area contributed by atoms with E-state index in [1.54, 1.807) is 0 Å². The van der Waals surface area contributed by atoms with Crippen LogP contribution in [0.4, 0.5) is 5.69 Å². The van der Waals surface area contributed by atoms with Crippen molar-refractivity contribution in [2.75, 3.05) is 4.90 Å². The molecule has 0 bridgehead atoms. The summed E-state index contributed by atoms with van der Waals surface area (Å²) in [5, 5.41) is 4.21. The standard InChI is InChI=1S/C20H20N4S/c1-14-6-8-16(9-7-14)24-19(15-10-12-23(2)13-15)18(22-20(24)25)17-5-3-4-11-21-17/h3-13,18-19H,1-2H3,(H,22,25)/t18-,19+/m1/s1. The van der Waals surface area contributed by atoms with Crippen LogP contribution in [-0.2, 0) is 7.05 Å². The number of benzene rings is 1. The lowest BCUT2D eigenvalue weighted by atomic mass is 9.98. The first-order chi connectivity index (χ1) is 12.1. The summed E-state index contributed by atoms with van der Waals surface area (Å²) in [5.74, 6) is 0. The second kappa shape index (κ2) is 6.33. The first-order valence-electron chi connectivity index (χ1n) is 8.33. The fourth-order valence-electron chi connectivity index (χ4n) is 3.38. The third-order valence-corrected chi connectivity index (χ3v) is 4.92. The smallest absolute Gasteiger partial charge is 0.174 e. The fourth-order valence-corrected chi connectivity index (χ4v) is 3.72. The van der Waals surface area contributed by atoms with E-state index in [-0.39, 0.29) is 12.1 Å². The van der Waals surface area contributed by atoms with Gasteiger partial charge in [-0.3, -0.25) is 4.98 Å². The van der Waals surface area contributed by atoms with Crippen molar-refractivity contribution in [1.29, 1.82) is 0 Å². The normalized spacial score (nSPS) is 19.9. The number of nitrogens with zero attached hydrogens (tertiary/aromatic N) is 3. The van der Waals surface area contributed by atoms with Crippen molar-refractivity contribution in [2.45, 2.75) is 19.0 Å². The Morgan fingerprint density at radius 2 is 1.88 bits per heavy atom. The highest BCUT2D eigenvalue weighted by Gasteiger charge is 2.40. The lowest BCUT2D eigenvalue weighted by molar-refractivity contribution is 0.567. The van der Waals surface area contributed by atoms with Crippen molar-refractivity contribution in [2.24, 2.45) is 7.05 Å². The summed E-state index contributed by atoms with van der Waals surface area (Å²) in [4.78, 5) is 6.76. The quantitative estimate of drug-likeness (QED) is 0.728. The third kappa shape index (κ3) is 2.91. The summed E-state index contributed by atoms with van der Waals surface area (Å²) < 4.78 is 2.07. The van der Waals surface area contributed by atoms with Crippen LogP contribution < -0.4 is 10.2 Å². The molecule has 1 aliphatic heterocycles. The maximum atomic E-state index is 5.70. The van der Waals surface area contributed by atoms with Crippen LogP contribution in [0.25, 0.3) is 0 Å². The Hall–Kier alpha value is -2.66. The number of pyridine rings is 1. The zero-order valence-electron chi connectivity index (χ0n) is 14.3. The molecular formula is C20H20N4S. The van der Waals surface area contributed by atoms with Gasteiger partial charge >= 0.3 is 0 Å². The van der Waals surface area contributed by atoms with Crippen LogP contribution >= 0.6 is 12.2 Å². The average Bonchev–Trinajstić information content (AvgIpc) is 3.20. The molecule has 3 aromatic rings. The first-order valence-corrected chi connectivity index (χ1v) is 8.73. The van der Waals surface area contributed by atoms with E-state index in [0.717, 1.165) is 16.5 Å². The van der Waals surface area contributed by atoms with Crippen molar-refractivity contribution in [1.82, 2.24) is 14.9 Å². The molecule has 1 fully saturated rings. The summed E-state index contributed by atoms with van der Waals surface area (Å²) >= 11 is 5.70. The van der Waals surface area contributed by atoms with Crippen molar-refractivity contribution >= 4 is 23.0 Å². The van der Waals surface area contributed by atoms with Gasteiger partial charge in [-0.25, -0.2) is 0 Å². The summed E-state index contributed by atoms with van der Waals surface area (Å²) in [5.41, 5.74) is 4.54. The SMILES string of the molecule is Cc1ccc(N2C(=S)N[C@H](c3ccccn3)[C@@H]2c2ccn(C)c2)cc1. The Bertz CT molecular complexity index is 886. The minimum absolute atomic E-state index is 0.0115. The largest absolute Gasteiger partial charge is 0.357 e. The van der Waals surface area contributed by atoms with Gasteiger partial charge in [-0.1, -0.05) is 23.8 Å². The molecule has 0 radical (unpaired) electrons. The number of hydrogen-bond acceptors (Lipinski definition) is 2. The van der Waals surface area contributed by atoms with E-state index in [0.29, 0.717) is 0 Å². The molecule has 0 unspecified atom stereocenters. The third-order valence-electron chi connectivity index (χ3n) is 4.61. The van der Waals surface area contributed by atoms with Gasteiger partial charge in [0.1, 0.15) is 0 Å². The van der Waals surface area contributed by atoms with E-state index in [9.17, 15) is 0 Å². The van der Waals surface area contributed by atoms with E-state index >= 15 is 0 Å². The molecule has 4 nitrogen and oxygen atoms in total. The topological polar surface area (TPSA) is 33.1 Å². The number of rotatable bonds is 3. The van der Waals surface area contributed by atoms with Crippen molar-refractivity contribution < 1.29 is 0 Å². The van der Waals surface area contributed by atoms with Crippen LogP contribution in [0.5, 0.6) is 0 Å². The molecule has 0 spiro atoms. The lowest BCUT2D eigenvalue weighted by Crippen LogP contribution is -2.29. The summed E-state index contributed by atoms with van der Waals surface area (Å²) in [6.45, 7) is 2.09. The zero-order valence-corrected chi connectivity index (χ0v) is 15.1. The molecule has 126 valence electrons. The molecule has 3 heterocycles. The summed E-state index contributed by atoms with van der Waals surface area (Å²) in [7, 11) is 2.04. The molecule has 1 aromatic carbocycles. The predicted octanol–water partition coefficient (Wildman–Crippen LogP) is 3.91. The van der Waals surface area contributed by atoms with Gasteiger partial charge < -0.3 is 14.8 Å². The Kier molecular flexibility index (Phi) is 4.01.